The molecule has 1 aromatic heterocycles. The van der Waals surface area contributed by atoms with E-state index in [-0.39, 0.29) is 6.61 Å². The van der Waals surface area contributed by atoms with Gasteiger partial charge >= 0.3 is 17.6 Å². The molecule has 2 rings (SSSR count). The molecule has 1 aromatic rings. The molecule has 10 heteroatoms. The third-order valence-electron chi connectivity index (χ3n) is 3.15. The van der Waals surface area contributed by atoms with Gasteiger partial charge in [0.25, 0.3) is 5.56 Å². The highest BCUT2D eigenvalue weighted by molar-refractivity contribution is 5.66. The maximum atomic E-state index is 14.6. The highest BCUT2D eigenvalue weighted by Gasteiger charge is 2.49. The molecule has 0 bridgehead atoms. The lowest BCUT2D eigenvalue weighted by molar-refractivity contribution is -0.156. The third kappa shape index (κ3) is 3.83. The molecule has 1 saturated heterocycles. The molecule has 0 saturated carbocycles. The van der Waals surface area contributed by atoms with Crippen molar-refractivity contribution in [2.45, 2.75) is 38.5 Å². The number of esters is 2. The van der Waals surface area contributed by atoms with E-state index in [1.54, 1.807) is 0 Å². The van der Waals surface area contributed by atoms with Crippen molar-refractivity contribution in [2.75, 3.05) is 6.61 Å². The Morgan fingerprint density at radius 1 is 1.35 bits per heavy atom. The van der Waals surface area contributed by atoms with Gasteiger partial charge in [-0.15, -0.1) is 0 Å². The van der Waals surface area contributed by atoms with Gasteiger partial charge in [-0.05, 0) is 0 Å². The summed E-state index contributed by atoms with van der Waals surface area (Å²) in [4.78, 5) is 46.8. The number of rotatable bonds is 4. The van der Waals surface area contributed by atoms with E-state index in [1.165, 1.54) is 0 Å². The number of carbonyl (C=O) groups excluding carboxylic acids is 2. The lowest BCUT2D eigenvalue weighted by Crippen LogP contribution is -2.37. The number of aromatic nitrogens is 2. The SMILES string of the molecule is CC(=O)OC[C@H]1O[C@@H](n2ccc(=O)[nH]c2=O)C(F)C1OC(C)=O. The standard InChI is InChI=1S/C13H15FN2O7/c1-6(17)21-5-8-11(22-7(2)18)10(14)12(23-8)16-4-3-9(19)15-13(16)20/h3-4,8,10-12H,5H2,1-2H3,(H,15,19,20)/t8-,10?,11?,12-/m1/s1. The molecule has 2 heterocycles. The van der Waals surface area contributed by atoms with E-state index in [0.29, 0.717) is 0 Å². The largest absolute Gasteiger partial charge is 0.463 e. The van der Waals surface area contributed by atoms with Crippen molar-refractivity contribution in [3.05, 3.63) is 33.1 Å². The van der Waals surface area contributed by atoms with Crippen LogP contribution in [0.1, 0.15) is 20.1 Å². The van der Waals surface area contributed by atoms with Crippen LogP contribution in [0.5, 0.6) is 0 Å². The summed E-state index contributed by atoms with van der Waals surface area (Å²) in [5, 5.41) is 0. The summed E-state index contributed by atoms with van der Waals surface area (Å²) in [5.41, 5.74) is -1.52. The fraction of sp³-hybridized carbons (Fsp3) is 0.538. The molecular formula is C13H15FN2O7. The second-order valence-electron chi connectivity index (χ2n) is 4.90. The van der Waals surface area contributed by atoms with Crippen LogP contribution < -0.4 is 11.2 Å². The lowest BCUT2D eigenvalue weighted by atomic mass is 10.1. The molecule has 23 heavy (non-hydrogen) atoms. The minimum Gasteiger partial charge on any atom is -0.463 e. The number of nitrogens with zero attached hydrogens (tertiary/aromatic N) is 1. The summed E-state index contributed by atoms with van der Waals surface area (Å²) in [5.74, 6) is -1.36. The van der Waals surface area contributed by atoms with E-state index in [4.69, 9.17) is 14.2 Å². The minimum atomic E-state index is -1.89. The Kier molecular flexibility index (Phi) is 4.94. The van der Waals surface area contributed by atoms with Crippen molar-refractivity contribution in [3.63, 3.8) is 0 Å². The number of nitrogens with one attached hydrogen (secondary N) is 1. The quantitative estimate of drug-likeness (QED) is 0.723. The van der Waals surface area contributed by atoms with Gasteiger partial charge in [0.2, 0.25) is 0 Å². The number of ether oxygens (including phenoxy) is 3. The fourth-order valence-corrected chi connectivity index (χ4v) is 2.21. The van der Waals surface area contributed by atoms with Crippen LogP contribution in [0.15, 0.2) is 21.9 Å². The van der Waals surface area contributed by atoms with Crippen molar-refractivity contribution in [2.24, 2.45) is 0 Å². The van der Waals surface area contributed by atoms with Gasteiger partial charge in [0.1, 0.15) is 12.7 Å². The second kappa shape index (κ2) is 6.73. The van der Waals surface area contributed by atoms with Gasteiger partial charge < -0.3 is 14.2 Å². The molecule has 9 nitrogen and oxygen atoms in total. The number of aromatic amines is 1. The minimum absolute atomic E-state index is 0.345. The number of hydrogen-bond acceptors (Lipinski definition) is 7. The molecular weight excluding hydrogens is 315 g/mol. The molecule has 126 valence electrons. The van der Waals surface area contributed by atoms with Gasteiger partial charge in [0.05, 0.1) is 0 Å². The molecule has 0 aromatic carbocycles. The highest BCUT2D eigenvalue weighted by Crippen LogP contribution is 2.33. The topological polar surface area (TPSA) is 117 Å². The van der Waals surface area contributed by atoms with Gasteiger partial charge in [0, 0.05) is 26.1 Å². The maximum Gasteiger partial charge on any atom is 0.330 e. The van der Waals surface area contributed by atoms with Gasteiger partial charge in [0.15, 0.2) is 18.5 Å². The Hall–Kier alpha value is -2.49. The summed E-state index contributed by atoms with van der Waals surface area (Å²) < 4.78 is 30.4. The van der Waals surface area contributed by atoms with Crippen LogP contribution in [0, 0.1) is 0 Å². The first kappa shape index (κ1) is 16.9. The lowest BCUT2D eigenvalue weighted by Gasteiger charge is -2.18. The summed E-state index contributed by atoms with van der Waals surface area (Å²) in [6.07, 6.45) is -4.68. The molecule has 1 aliphatic heterocycles. The van der Waals surface area contributed by atoms with Crippen molar-refractivity contribution in [1.82, 2.24) is 9.55 Å². The van der Waals surface area contributed by atoms with Crippen molar-refractivity contribution in [1.29, 1.82) is 0 Å². The van der Waals surface area contributed by atoms with Crippen molar-refractivity contribution >= 4 is 11.9 Å². The van der Waals surface area contributed by atoms with Gasteiger partial charge in [-0.2, -0.15) is 0 Å². The zero-order valence-corrected chi connectivity index (χ0v) is 12.4. The summed E-state index contributed by atoms with van der Waals surface area (Å²) in [7, 11) is 0. The van der Waals surface area contributed by atoms with Crippen molar-refractivity contribution < 1.29 is 28.2 Å². The van der Waals surface area contributed by atoms with Crippen LogP contribution in [0.3, 0.4) is 0 Å². The molecule has 1 aliphatic rings. The maximum absolute atomic E-state index is 14.6. The number of H-pyrrole nitrogens is 1. The molecule has 1 N–H and O–H groups in total. The van der Waals surface area contributed by atoms with Crippen LogP contribution in [0.2, 0.25) is 0 Å². The average molecular weight is 330 g/mol. The first-order chi connectivity index (χ1) is 10.8. The first-order valence-corrected chi connectivity index (χ1v) is 6.71. The zero-order valence-electron chi connectivity index (χ0n) is 12.4. The Morgan fingerprint density at radius 2 is 2.04 bits per heavy atom. The Morgan fingerprint density at radius 3 is 2.61 bits per heavy atom. The van der Waals surface area contributed by atoms with Gasteiger partial charge in [-0.25, -0.2) is 9.18 Å². The Balaban J connectivity index is 2.27. The van der Waals surface area contributed by atoms with E-state index < -0.39 is 47.8 Å². The molecule has 0 amide bonds. The van der Waals surface area contributed by atoms with Gasteiger partial charge in [-0.3, -0.25) is 23.9 Å². The molecule has 0 aliphatic carbocycles. The summed E-state index contributed by atoms with van der Waals surface area (Å²) in [6.45, 7) is 1.91. The predicted molar refractivity (Wildman–Crippen MR) is 72.3 cm³/mol. The zero-order chi connectivity index (χ0) is 17.1. The Bertz CT molecular complexity index is 713. The summed E-state index contributed by atoms with van der Waals surface area (Å²) in [6, 6.07) is 1.03. The van der Waals surface area contributed by atoms with Crippen LogP contribution in [-0.4, -0.2) is 46.5 Å². The van der Waals surface area contributed by atoms with E-state index in [1.807, 2.05) is 4.98 Å². The summed E-state index contributed by atoms with van der Waals surface area (Å²) >= 11 is 0. The van der Waals surface area contributed by atoms with Crippen molar-refractivity contribution in [3.8, 4) is 0 Å². The van der Waals surface area contributed by atoms with E-state index in [2.05, 4.69) is 0 Å². The Labute approximate surface area is 129 Å². The number of halogens is 1. The smallest absolute Gasteiger partial charge is 0.330 e. The molecule has 1 fully saturated rings. The fourth-order valence-electron chi connectivity index (χ4n) is 2.21. The van der Waals surface area contributed by atoms with Gasteiger partial charge in [-0.1, -0.05) is 0 Å². The molecule has 4 atom stereocenters. The monoisotopic (exact) mass is 330 g/mol. The predicted octanol–water partition coefficient (Wildman–Crippen LogP) is -0.733. The van der Waals surface area contributed by atoms with E-state index in [0.717, 1.165) is 30.7 Å². The number of alkyl halides is 1. The first-order valence-electron chi connectivity index (χ1n) is 6.71. The highest BCUT2D eigenvalue weighted by atomic mass is 19.1. The van der Waals surface area contributed by atoms with Crippen LogP contribution in [-0.2, 0) is 23.8 Å². The average Bonchev–Trinajstić information content (AvgIpc) is 2.73. The normalized spacial score (nSPS) is 26.7. The molecule has 0 radical (unpaired) electrons. The third-order valence-corrected chi connectivity index (χ3v) is 3.15. The molecule has 0 spiro atoms. The van der Waals surface area contributed by atoms with Crippen LogP contribution >= 0.6 is 0 Å². The second-order valence-corrected chi connectivity index (χ2v) is 4.90. The van der Waals surface area contributed by atoms with Crippen LogP contribution in [0.25, 0.3) is 0 Å². The number of carbonyl (C=O) groups is 2. The molecule has 2 unspecified atom stereocenters. The van der Waals surface area contributed by atoms with Crippen LogP contribution in [0.4, 0.5) is 4.39 Å². The number of hydrogen-bond donors (Lipinski definition) is 1. The van der Waals surface area contributed by atoms with E-state index >= 15 is 0 Å². The van der Waals surface area contributed by atoms with E-state index in [9.17, 15) is 23.6 Å².